The number of amides is 1. The first-order chi connectivity index (χ1) is 17.2. The molecule has 2 heterocycles. The smallest absolute Gasteiger partial charge is 0.416 e. The topological polar surface area (TPSA) is 49.8 Å². The maximum Gasteiger partial charge on any atom is 0.416 e. The van der Waals surface area contributed by atoms with Gasteiger partial charge in [0.05, 0.1) is 12.2 Å². The first-order valence-electron chi connectivity index (χ1n) is 12.1. The van der Waals surface area contributed by atoms with Crippen molar-refractivity contribution in [2.75, 3.05) is 26.3 Å². The van der Waals surface area contributed by atoms with E-state index >= 15 is 0 Å². The Morgan fingerprint density at radius 3 is 2.19 bits per heavy atom. The average molecular weight is 494 g/mol. The number of fused-ring (bicyclic) bond motifs is 5. The monoisotopic (exact) mass is 493 g/mol. The number of hydrogen-bond acceptors (Lipinski definition) is 3. The zero-order chi connectivity index (χ0) is 25.1. The summed E-state index contributed by atoms with van der Waals surface area (Å²) >= 11 is 0. The van der Waals surface area contributed by atoms with E-state index in [9.17, 15) is 23.1 Å². The molecule has 186 valence electrons. The average Bonchev–Trinajstić information content (AvgIpc) is 3.20. The predicted molar refractivity (Wildman–Crippen MR) is 129 cm³/mol. The van der Waals surface area contributed by atoms with E-state index in [1.165, 1.54) is 12.1 Å². The lowest BCUT2D eigenvalue weighted by molar-refractivity contribution is -0.138. The third-order valence-electron chi connectivity index (χ3n) is 8.18. The molecule has 7 heteroatoms. The fraction of sp³-hybridized carbons (Fsp3) is 0.345. The van der Waals surface area contributed by atoms with Gasteiger partial charge in [0.25, 0.3) is 0 Å². The van der Waals surface area contributed by atoms with E-state index in [0.29, 0.717) is 24.9 Å². The van der Waals surface area contributed by atoms with Gasteiger partial charge in [-0.25, -0.2) is 4.79 Å². The van der Waals surface area contributed by atoms with E-state index in [2.05, 4.69) is 12.1 Å². The van der Waals surface area contributed by atoms with Gasteiger partial charge in [-0.1, -0.05) is 66.7 Å². The van der Waals surface area contributed by atoms with Crippen molar-refractivity contribution in [3.63, 3.8) is 0 Å². The molecule has 2 bridgehead atoms. The number of aliphatic hydroxyl groups excluding tert-OH is 1. The summed E-state index contributed by atoms with van der Waals surface area (Å²) in [4.78, 5) is 14.8. The molecule has 7 rings (SSSR count). The minimum atomic E-state index is -4.44. The van der Waals surface area contributed by atoms with Crippen molar-refractivity contribution < 1.29 is 27.8 Å². The minimum Gasteiger partial charge on any atom is -0.448 e. The van der Waals surface area contributed by atoms with E-state index in [0.717, 1.165) is 28.3 Å². The Balaban J connectivity index is 1.22. The molecular formula is C29H26F3NO3. The van der Waals surface area contributed by atoms with Crippen LogP contribution < -0.4 is 0 Å². The van der Waals surface area contributed by atoms with Gasteiger partial charge in [0.15, 0.2) is 0 Å². The molecule has 1 N–H and O–H groups in total. The maximum atomic E-state index is 13.4. The highest BCUT2D eigenvalue weighted by Gasteiger charge is 2.61. The van der Waals surface area contributed by atoms with Gasteiger partial charge in [-0.2, -0.15) is 13.2 Å². The highest BCUT2D eigenvalue weighted by atomic mass is 19.4. The van der Waals surface area contributed by atoms with Crippen molar-refractivity contribution in [3.8, 4) is 11.1 Å². The fourth-order valence-electron chi connectivity index (χ4n) is 6.73. The summed E-state index contributed by atoms with van der Waals surface area (Å²) in [5, 5.41) is 10.1. The van der Waals surface area contributed by atoms with Crippen molar-refractivity contribution in [2.45, 2.75) is 30.4 Å². The zero-order valence-electron chi connectivity index (χ0n) is 19.6. The Hall–Kier alpha value is -3.32. The number of ether oxygens (including phenoxy) is 1. The summed E-state index contributed by atoms with van der Waals surface area (Å²) in [5.41, 5.74) is 3.21. The van der Waals surface area contributed by atoms with Gasteiger partial charge >= 0.3 is 12.3 Å². The highest BCUT2D eigenvalue weighted by molar-refractivity contribution is 5.79. The van der Waals surface area contributed by atoms with Crippen LogP contribution in [0.3, 0.4) is 0 Å². The molecule has 0 aromatic heterocycles. The van der Waals surface area contributed by atoms with Crippen LogP contribution in [0.15, 0.2) is 72.8 Å². The van der Waals surface area contributed by atoms with Crippen molar-refractivity contribution in [2.24, 2.45) is 5.41 Å². The molecule has 36 heavy (non-hydrogen) atoms. The van der Waals surface area contributed by atoms with Crippen molar-refractivity contribution in [3.05, 3.63) is 95.1 Å². The van der Waals surface area contributed by atoms with Gasteiger partial charge in [0.1, 0.15) is 6.61 Å². The largest absolute Gasteiger partial charge is 0.448 e. The van der Waals surface area contributed by atoms with Crippen molar-refractivity contribution in [1.82, 2.24) is 4.90 Å². The highest BCUT2D eigenvalue weighted by Crippen LogP contribution is 2.60. The molecule has 0 spiro atoms. The second-order valence-electron chi connectivity index (χ2n) is 10.5. The molecule has 3 aromatic carbocycles. The molecule has 4 nitrogen and oxygen atoms in total. The summed E-state index contributed by atoms with van der Waals surface area (Å²) in [6, 6.07) is 21.5. The number of benzene rings is 3. The lowest BCUT2D eigenvalue weighted by Gasteiger charge is -2.63. The Bertz CT molecular complexity index is 1280. The van der Waals surface area contributed by atoms with Crippen LogP contribution in [-0.2, 0) is 16.3 Å². The number of hydrogen-bond donors (Lipinski definition) is 1. The third kappa shape index (κ3) is 3.60. The predicted octanol–water partition coefficient (Wildman–Crippen LogP) is 5.98. The molecular weight excluding hydrogens is 467 g/mol. The number of alkyl halides is 3. The Labute approximate surface area is 207 Å². The summed E-state index contributed by atoms with van der Waals surface area (Å²) < 4.78 is 45.9. The second-order valence-corrected chi connectivity index (χ2v) is 10.5. The van der Waals surface area contributed by atoms with Gasteiger partial charge < -0.3 is 14.7 Å². The van der Waals surface area contributed by atoms with Crippen molar-refractivity contribution >= 4 is 6.09 Å². The van der Waals surface area contributed by atoms with Crippen LogP contribution in [0.4, 0.5) is 18.0 Å². The molecule has 0 unspecified atom stereocenters. The van der Waals surface area contributed by atoms with Gasteiger partial charge in [-0.3, -0.25) is 0 Å². The van der Waals surface area contributed by atoms with E-state index in [1.807, 2.05) is 36.4 Å². The van der Waals surface area contributed by atoms with E-state index in [4.69, 9.17) is 4.74 Å². The Morgan fingerprint density at radius 2 is 1.58 bits per heavy atom. The molecule has 2 aliphatic carbocycles. The van der Waals surface area contributed by atoms with Gasteiger partial charge in [0.2, 0.25) is 0 Å². The minimum absolute atomic E-state index is 0.0788. The molecule has 2 aliphatic heterocycles. The SMILES string of the molecule is O=C(OCC1c2ccccc2-c2ccccc21)N1CC2(CO)CC(c3cccc(C(F)(F)F)c3)(C1)C2. The molecule has 3 fully saturated rings. The Morgan fingerprint density at radius 1 is 0.944 bits per heavy atom. The number of rotatable bonds is 4. The summed E-state index contributed by atoms with van der Waals surface area (Å²) in [7, 11) is 0. The molecule has 2 saturated heterocycles. The lowest BCUT2D eigenvalue weighted by atomic mass is 9.48. The van der Waals surface area contributed by atoms with E-state index in [-0.39, 0.29) is 25.7 Å². The molecule has 1 amide bonds. The first kappa shape index (κ1) is 23.1. The lowest BCUT2D eigenvalue weighted by Crippen LogP contribution is -2.67. The normalized spacial score (nSPS) is 24.6. The van der Waals surface area contributed by atoms with E-state index in [1.54, 1.807) is 11.0 Å². The molecule has 4 aliphatic rings. The number of nitrogens with zero attached hydrogens (tertiary/aromatic N) is 1. The Kier molecular flexibility index (Phi) is 5.20. The van der Waals surface area contributed by atoms with Crippen LogP contribution in [0.5, 0.6) is 0 Å². The number of halogens is 3. The summed E-state index contributed by atoms with van der Waals surface area (Å²) in [6.45, 7) is 0.653. The third-order valence-corrected chi connectivity index (χ3v) is 8.18. The van der Waals surface area contributed by atoms with Crippen LogP contribution in [0.2, 0.25) is 0 Å². The van der Waals surface area contributed by atoms with Crippen LogP contribution in [0, 0.1) is 5.41 Å². The summed E-state index contributed by atoms with van der Waals surface area (Å²) in [5.74, 6) is -0.0788. The van der Waals surface area contributed by atoms with Crippen LogP contribution in [0.25, 0.3) is 11.1 Å². The number of aliphatic hydroxyl groups is 1. The van der Waals surface area contributed by atoms with Crippen LogP contribution in [0.1, 0.15) is 41.0 Å². The van der Waals surface area contributed by atoms with Crippen LogP contribution in [-0.4, -0.2) is 42.4 Å². The number of piperidine rings is 2. The van der Waals surface area contributed by atoms with Crippen LogP contribution >= 0.6 is 0 Å². The van der Waals surface area contributed by atoms with Gasteiger partial charge in [-0.15, -0.1) is 0 Å². The maximum absolute atomic E-state index is 13.4. The first-order valence-corrected chi connectivity index (χ1v) is 12.1. The fourth-order valence-corrected chi connectivity index (χ4v) is 6.73. The summed E-state index contributed by atoms with van der Waals surface area (Å²) in [6.07, 6.45) is -3.84. The van der Waals surface area contributed by atoms with Gasteiger partial charge in [-0.05, 0) is 46.7 Å². The molecule has 0 atom stereocenters. The van der Waals surface area contributed by atoms with Gasteiger partial charge in [0, 0.05) is 29.8 Å². The quantitative estimate of drug-likeness (QED) is 0.487. The zero-order valence-corrected chi connectivity index (χ0v) is 19.6. The molecule has 1 saturated carbocycles. The number of carbonyl (C=O) groups is 1. The second kappa shape index (κ2) is 8.10. The number of carbonyl (C=O) groups excluding carboxylic acids is 1. The molecule has 0 radical (unpaired) electrons. The van der Waals surface area contributed by atoms with E-state index < -0.39 is 28.7 Å². The molecule has 3 aromatic rings. The standard InChI is InChI=1S/C29H26F3NO3/c30-29(31,32)20-7-5-6-19(12-20)28-14-27(15-28,18-34)16-33(17-28)26(35)36-13-25-23-10-3-1-8-21(23)22-9-2-4-11-24(22)25/h1-12,25,34H,13-18H2. The van der Waals surface area contributed by atoms with Crippen molar-refractivity contribution in [1.29, 1.82) is 0 Å².